The number of nitrogens with zero attached hydrogens (tertiary/aromatic N) is 9. The summed E-state index contributed by atoms with van der Waals surface area (Å²) in [6.07, 6.45) is 28.4. The third-order valence-corrected chi connectivity index (χ3v) is 20.9. The molecule has 13 rings (SSSR count). The molecule has 3 N–H and O–H groups in total. The molecule has 6 heterocycles. The number of imide groups is 2. The SMILES string of the molecule is CC(=O)N(C)C(=O)c1ccccc1Sc1ccc2c(/C=C/c3ccccn3)n[nH]c2c1.CCCCCCCCCCCCOC(=O)n1nc(/C=C/c2ccccn2)c2ccc(Sc3ccccc3C(=O)NC)cc21.CN(C(=O)c1ccccc1)C(=O)c1ccccc1Sc1ccc2c(/C=C/c3ccccn3)n[nH]c2c1. The molecule has 0 aliphatic rings. The summed E-state index contributed by atoms with van der Waals surface area (Å²) < 4.78 is 7.02. The van der Waals surface area contributed by atoms with E-state index in [0.717, 1.165) is 114 Å². The second kappa shape index (κ2) is 40.2. The van der Waals surface area contributed by atoms with Crippen LogP contribution >= 0.6 is 35.3 Å². The van der Waals surface area contributed by atoms with Gasteiger partial charge in [0.1, 0.15) is 0 Å². The first-order chi connectivity index (χ1) is 53.7. The molecule has 0 atom stereocenters. The van der Waals surface area contributed by atoms with Crippen LogP contribution in [0.3, 0.4) is 0 Å². The monoisotopic (exact) mass is 1520 g/mol. The molecule has 0 aliphatic heterocycles. The highest BCUT2D eigenvalue weighted by atomic mass is 32.2. The Labute approximate surface area is 652 Å². The fourth-order valence-electron chi connectivity index (χ4n) is 11.7. The number of nitrogens with one attached hydrogen (secondary N) is 3. The summed E-state index contributed by atoms with van der Waals surface area (Å²) in [5.74, 6) is -1.45. The molecule has 0 spiro atoms. The Morgan fingerprint density at radius 1 is 0.445 bits per heavy atom. The molecule has 0 aliphatic carbocycles. The van der Waals surface area contributed by atoms with Crippen LogP contribution in [-0.4, -0.2) is 118 Å². The van der Waals surface area contributed by atoms with E-state index in [0.29, 0.717) is 40.1 Å². The number of hydrogen-bond donors (Lipinski definition) is 3. The Hall–Kier alpha value is -12.1. The summed E-state index contributed by atoms with van der Waals surface area (Å²) in [5.41, 5.74) is 9.29. The number of amides is 5. The normalized spacial score (nSPS) is 11.2. The van der Waals surface area contributed by atoms with E-state index in [1.54, 1.807) is 80.2 Å². The quantitative estimate of drug-likeness (QED) is 0.0320. The van der Waals surface area contributed by atoms with Crippen molar-refractivity contribution in [3.8, 4) is 0 Å². The van der Waals surface area contributed by atoms with Gasteiger partial charge in [0, 0.05) is 97.8 Å². The van der Waals surface area contributed by atoms with Gasteiger partial charge in [-0.3, -0.25) is 58.9 Å². The molecule has 0 bridgehead atoms. The molecule has 0 fully saturated rings. The number of pyridine rings is 3. The molecular formula is C88H84N12O7S3. The Morgan fingerprint density at radius 3 is 1.34 bits per heavy atom. The second-order valence-electron chi connectivity index (χ2n) is 25.5. The first-order valence-electron chi connectivity index (χ1n) is 36.4. The largest absolute Gasteiger partial charge is 0.448 e. The van der Waals surface area contributed by atoms with E-state index in [-0.39, 0.29) is 29.5 Å². The fraction of sp³-hybridized carbons (Fsp3) is 0.182. The Morgan fingerprint density at radius 2 is 0.864 bits per heavy atom. The summed E-state index contributed by atoms with van der Waals surface area (Å²) in [4.78, 5) is 96.3. The highest BCUT2D eigenvalue weighted by Crippen LogP contribution is 2.37. The average Bonchev–Trinajstić information content (AvgIpc) is 1.57. The lowest BCUT2D eigenvalue weighted by Gasteiger charge is -2.17. The first kappa shape index (κ1) is 78.9. The minimum Gasteiger partial charge on any atom is -0.448 e. The van der Waals surface area contributed by atoms with E-state index in [1.807, 2.05) is 194 Å². The first-order valence-corrected chi connectivity index (χ1v) is 38.8. The van der Waals surface area contributed by atoms with Gasteiger partial charge in [-0.1, -0.05) is 173 Å². The summed E-state index contributed by atoms with van der Waals surface area (Å²) >= 11 is 4.41. The zero-order valence-corrected chi connectivity index (χ0v) is 64.2. The van der Waals surface area contributed by atoms with E-state index in [1.165, 1.54) is 106 Å². The van der Waals surface area contributed by atoms with Crippen LogP contribution in [-0.2, 0) is 9.53 Å². The van der Waals surface area contributed by atoms with E-state index >= 15 is 0 Å². The summed E-state index contributed by atoms with van der Waals surface area (Å²) in [6, 6.07) is 66.0. The molecule has 0 unspecified atom stereocenters. The van der Waals surface area contributed by atoms with E-state index in [9.17, 15) is 28.8 Å². The van der Waals surface area contributed by atoms with Gasteiger partial charge in [0.05, 0.1) is 74.0 Å². The van der Waals surface area contributed by atoms with Crippen LogP contribution in [0.1, 0.15) is 154 Å². The van der Waals surface area contributed by atoms with Gasteiger partial charge in [-0.15, -0.1) is 0 Å². The van der Waals surface area contributed by atoms with Gasteiger partial charge in [0.25, 0.3) is 23.6 Å². The van der Waals surface area contributed by atoms with E-state index in [4.69, 9.17) is 4.74 Å². The van der Waals surface area contributed by atoms with Crippen LogP contribution in [0.4, 0.5) is 4.79 Å². The number of aromatic amines is 2. The molecule has 7 aromatic carbocycles. The van der Waals surface area contributed by atoms with Crippen LogP contribution in [0, 0.1) is 0 Å². The number of benzene rings is 7. The number of unbranched alkanes of at least 4 members (excludes halogenated alkanes) is 9. The molecule has 5 amide bonds. The molecule has 0 saturated heterocycles. The van der Waals surface area contributed by atoms with Crippen molar-refractivity contribution in [2.24, 2.45) is 0 Å². The highest BCUT2D eigenvalue weighted by Gasteiger charge is 2.24. The lowest BCUT2D eigenvalue weighted by molar-refractivity contribution is -0.125. The molecule has 13 aromatic rings. The molecule has 22 heteroatoms. The maximum atomic E-state index is 13.2. The molecule has 0 saturated carbocycles. The minimum atomic E-state index is -0.494. The van der Waals surface area contributed by atoms with E-state index < -0.39 is 6.09 Å². The van der Waals surface area contributed by atoms with Crippen molar-refractivity contribution in [2.75, 3.05) is 27.7 Å². The van der Waals surface area contributed by atoms with Crippen molar-refractivity contribution in [1.29, 1.82) is 0 Å². The van der Waals surface area contributed by atoms with Crippen molar-refractivity contribution in [1.82, 2.24) is 60.2 Å². The Balaban J connectivity index is 0.000000166. The third kappa shape index (κ3) is 21.6. The number of aromatic nitrogens is 9. The van der Waals surface area contributed by atoms with Crippen LogP contribution in [0.25, 0.3) is 69.2 Å². The zero-order valence-electron chi connectivity index (χ0n) is 61.8. The third-order valence-electron chi connectivity index (χ3n) is 17.7. The smallest absolute Gasteiger partial charge is 0.435 e. The summed E-state index contributed by atoms with van der Waals surface area (Å²) in [6.45, 7) is 3.98. The molecule has 6 aromatic heterocycles. The van der Waals surface area contributed by atoms with Gasteiger partial charge >= 0.3 is 6.09 Å². The lowest BCUT2D eigenvalue weighted by Crippen LogP contribution is -2.33. The Kier molecular flexibility index (Phi) is 28.8. The van der Waals surface area contributed by atoms with E-state index in [2.05, 4.69) is 52.7 Å². The molecule has 110 heavy (non-hydrogen) atoms. The van der Waals surface area contributed by atoms with Crippen molar-refractivity contribution >= 4 is 140 Å². The van der Waals surface area contributed by atoms with Gasteiger partial charge in [0.2, 0.25) is 5.91 Å². The minimum absolute atomic E-state index is 0.147. The summed E-state index contributed by atoms with van der Waals surface area (Å²) in [5, 5.41) is 25.1. The maximum absolute atomic E-state index is 13.2. The van der Waals surface area contributed by atoms with Crippen LogP contribution < -0.4 is 5.32 Å². The molecular weight excluding hydrogens is 1430 g/mol. The van der Waals surface area contributed by atoms with Gasteiger partial charge in [-0.05, 0) is 182 Å². The van der Waals surface area contributed by atoms with Crippen molar-refractivity contribution < 1.29 is 33.5 Å². The predicted octanol–water partition coefficient (Wildman–Crippen LogP) is 20.1. The standard InChI is InChI=1S/C35H42N4O3S.C29H22N4O2S.C24H20N4O2S/c1-3-4-5-6-7-8-9-10-11-16-25-42-35(41)39-32-26-28(43-33-19-13-12-18-30(33)34(40)36-2)21-22-29(32)31(38-39)23-20-27-17-14-15-24-37-27;1-33(28(34)20-9-3-2-4-10-20)29(35)24-12-5-6-13-27(24)36-22-15-16-23-25(31-32-26(23)19-22)17-14-21-11-7-8-18-30-21;1-16(29)28(2)24(30)20-8-3-4-9-23(20)31-18-11-12-19-21(26-27-22(19)15-18)13-10-17-7-5-6-14-25-17/h12-15,17-24,26H,3-11,16,25H2,1-2H3,(H,36,40);2-19H,1H3,(H,31,32);3-15H,1-2H3,(H,26,27)/b23-20+;17-14+;13-10+. The van der Waals surface area contributed by atoms with Crippen LogP contribution in [0.2, 0.25) is 0 Å². The topological polar surface area (TPSA) is 244 Å². The van der Waals surface area contributed by atoms with Gasteiger partial charge in [-0.2, -0.15) is 20.0 Å². The van der Waals surface area contributed by atoms with Gasteiger partial charge in [0.15, 0.2) is 0 Å². The number of carbonyl (C=O) groups excluding carboxylic acids is 6. The van der Waals surface area contributed by atoms with Gasteiger partial charge in [-0.25, -0.2) is 4.79 Å². The van der Waals surface area contributed by atoms with Crippen molar-refractivity contribution in [3.05, 3.63) is 287 Å². The number of carbonyl (C=O) groups is 6. The number of hydrogen-bond acceptors (Lipinski definition) is 16. The average molecular weight is 1520 g/mol. The van der Waals surface area contributed by atoms with Crippen molar-refractivity contribution in [3.63, 3.8) is 0 Å². The lowest BCUT2D eigenvalue weighted by atomic mass is 10.1. The van der Waals surface area contributed by atoms with Crippen molar-refractivity contribution in [2.45, 2.75) is 107 Å². The van der Waals surface area contributed by atoms with Crippen LogP contribution in [0.15, 0.2) is 260 Å². The van der Waals surface area contributed by atoms with Crippen LogP contribution in [0.5, 0.6) is 0 Å². The summed E-state index contributed by atoms with van der Waals surface area (Å²) in [7, 11) is 4.62. The Bertz CT molecular complexity index is 5400. The molecule has 19 nitrogen and oxygen atoms in total. The predicted molar refractivity (Wildman–Crippen MR) is 441 cm³/mol. The number of fused-ring (bicyclic) bond motifs is 3. The molecule has 556 valence electrons. The number of H-pyrrole nitrogens is 2. The zero-order chi connectivity index (χ0) is 77.0. The fourth-order valence-corrected chi connectivity index (χ4v) is 14.6. The number of rotatable bonds is 27. The highest BCUT2D eigenvalue weighted by molar-refractivity contribution is 8.00. The second-order valence-corrected chi connectivity index (χ2v) is 28.8. The van der Waals surface area contributed by atoms with Gasteiger partial charge < -0.3 is 10.1 Å². The number of ether oxygens (including phenoxy) is 1. The molecule has 0 radical (unpaired) electrons. The maximum Gasteiger partial charge on any atom is 0.435 e.